The molecule has 2 aliphatic rings. The van der Waals surface area contributed by atoms with Crippen molar-refractivity contribution in [3.8, 4) is 5.75 Å². The van der Waals surface area contributed by atoms with E-state index in [9.17, 15) is 4.79 Å². The first kappa shape index (κ1) is 24.5. The van der Waals surface area contributed by atoms with Crippen molar-refractivity contribution in [1.29, 1.82) is 0 Å². The van der Waals surface area contributed by atoms with Crippen LogP contribution in [0.15, 0.2) is 84.9 Å². The molecule has 3 aromatic rings. The number of methoxy groups -OCH3 is 2. The number of carbonyl (C=O) groups is 1. The predicted molar refractivity (Wildman–Crippen MR) is 139 cm³/mol. The van der Waals surface area contributed by atoms with Crippen LogP contribution in [0, 0.1) is 0 Å². The summed E-state index contributed by atoms with van der Waals surface area (Å²) < 4.78 is 17.3. The summed E-state index contributed by atoms with van der Waals surface area (Å²) in [6, 6.07) is 28.3. The van der Waals surface area contributed by atoms with E-state index in [4.69, 9.17) is 14.2 Å². The lowest BCUT2D eigenvalue weighted by Gasteiger charge is -2.39. The summed E-state index contributed by atoms with van der Waals surface area (Å²) >= 11 is 0. The Balaban J connectivity index is 1.33. The minimum absolute atomic E-state index is 0.197. The molecule has 0 N–H and O–H groups in total. The van der Waals surface area contributed by atoms with Gasteiger partial charge in [-0.15, -0.1) is 0 Å². The zero-order valence-electron chi connectivity index (χ0n) is 21.0. The molecular weight excluding hydrogens is 452 g/mol. The fourth-order valence-electron chi connectivity index (χ4n) is 5.22. The Kier molecular flexibility index (Phi) is 7.37. The van der Waals surface area contributed by atoms with Crippen LogP contribution >= 0.6 is 0 Å². The number of nitrogens with zero attached hydrogens (tertiary/aromatic N) is 2. The summed E-state index contributed by atoms with van der Waals surface area (Å²) in [5.41, 5.74) is 2.42. The number of piperazine rings is 1. The van der Waals surface area contributed by atoms with Gasteiger partial charge in [0.2, 0.25) is 0 Å². The third kappa shape index (κ3) is 5.03. The van der Waals surface area contributed by atoms with Crippen molar-refractivity contribution in [2.24, 2.45) is 0 Å². The van der Waals surface area contributed by atoms with Gasteiger partial charge in [-0.3, -0.25) is 14.6 Å². The smallest absolute Gasteiger partial charge is 0.321 e. The van der Waals surface area contributed by atoms with Gasteiger partial charge in [0.25, 0.3) is 0 Å². The molecule has 36 heavy (non-hydrogen) atoms. The molecule has 1 aliphatic heterocycles. The number of hydrogen-bond donors (Lipinski definition) is 0. The molecule has 0 aromatic heterocycles. The lowest BCUT2D eigenvalue weighted by molar-refractivity contribution is -0.167. The summed E-state index contributed by atoms with van der Waals surface area (Å²) in [4.78, 5) is 18.5. The van der Waals surface area contributed by atoms with E-state index in [1.807, 2.05) is 60.7 Å². The van der Waals surface area contributed by atoms with Gasteiger partial charge in [-0.25, -0.2) is 0 Å². The first-order valence-corrected chi connectivity index (χ1v) is 12.6. The Morgan fingerprint density at radius 2 is 1.53 bits per heavy atom. The third-order valence-corrected chi connectivity index (χ3v) is 7.44. The first-order chi connectivity index (χ1) is 17.6. The van der Waals surface area contributed by atoms with E-state index in [2.05, 4.69) is 34.1 Å². The highest BCUT2D eigenvalue weighted by Crippen LogP contribution is 2.52. The Morgan fingerprint density at radius 1 is 0.889 bits per heavy atom. The molecule has 3 unspecified atom stereocenters. The third-order valence-electron chi connectivity index (χ3n) is 7.44. The first-order valence-electron chi connectivity index (χ1n) is 12.6. The second kappa shape index (κ2) is 10.8. The lowest BCUT2D eigenvalue weighted by atomic mass is 9.95. The largest absolute Gasteiger partial charge is 0.497 e. The van der Waals surface area contributed by atoms with Gasteiger partial charge in [0, 0.05) is 45.4 Å². The molecule has 0 radical (unpaired) electrons. The average Bonchev–Trinajstić information content (AvgIpc) is 3.69. The summed E-state index contributed by atoms with van der Waals surface area (Å²) in [6.07, 6.45) is -0.0237. The molecule has 3 atom stereocenters. The van der Waals surface area contributed by atoms with Crippen LogP contribution in [-0.2, 0) is 26.2 Å². The molecule has 5 rings (SSSR count). The van der Waals surface area contributed by atoms with Crippen molar-refractivity contribution in [2.75, 3.05) is 40.4 Å². The lowest BCUT2D eigenvalue weighted by Crippen LogP contribution is -2.48. The summed E-state index contributed by atoms with van der Waals surface area (Å²) in [5.74, 6) is 0.521. The second-order valence-corrected chi connectivity index (χ2v) is 9.59. The van der Waals surface area contributed by atoms with Crippen LogP contribution < -0.4 is 4.74 Å². The van der Waals surface area contributed by atoms with Gasteiger partial charge in [-0.1, -0.05) is 72.8 Å². The molecule has 1 saturated heterocycles. The average molecular weight is 487 g/mol. The quantitative estimate of drug-likeness (QED) is 0.418. The highest BCUT2D eigenvalue weighted by molar-refractivity contribution is 5.88. The van der Waals surface area contributed by atoms with Gasteiger partial charge < -0.3 is 14.2 Å². The van der Waals surface area contributed by atoms with Gasteiger partial charge in [-0.2, -0.15) is 0 Å². The van der Waals surface area contributed by atoms with E-state index in [1.54, 1.807) is 14.2 Å². The van der Waals surface area contributed by atoms with E-state index >= 15 is 0 Å². The van der Waals surface area contributed by atoms with E-state index < -0.39 is 11.6 Å². The van der Waals surface area contributed by atoms with Crippen LogP contribution in [0.2, 0.25) is 0 Å². The number of benzene rings is 3. The molecule has 3 aromatic carbocycles. The molecule has 6 heteroatoms. The second-order valence-electron chi connectivity index (χ2n) is 9.59. The zero-order valence-corrected chi connectivity index (χ0v) is 21.0. The van der Waals surface area contributed by atoms with E-state index in [-0.39, 0.29) is 12.1 Å². The topological polar surface area (TPSA) is 51.2 Å². The molecule has 0 bridgehead atoms. The number of esters is 1. The van der Waals surface area contributed by atoms with Crippen LogP contribution in [0.4, 0.5) is 0 Å². The zero-order chi connectivity index (χ0) is 25.0. The van der Waals surface area contributed by atoms with Crippen LogP contribution in [0.5, 0.6) is 5.75 Å². The Morgan fingerprint density at radius 3 is 2.11 bits per heavy atom. The van der Waals surface area contributed by atoms with Crippen molar-refractivity contribution < 1.29 is 19.0 Å². The van der Waals surface area contributed by atoms with Gasteiger partial charge in [0.1, 0.15) is 11.2 Å². The summed E-state index contributed by atoms with van der Waals surface area (Å²) in [5, 5.41) is 0. The summed E-state index contributed by atoms with van der Waals surface area (Å²) in [7, 11) is 3.29. The Bertz CT molecular complexity index is 1130. The minimum atomic E-state index is -0.789. The molecule has 0 spiro atoms. The maximum Gasteiger partial charge on any atom is 0.321 e. The predicted octanol–water partition coefficient (Wildman–Crippen LogP) is 4.41. The van der Waals surface area contributed by atoms with Crippen molar-refractivity contribution in [3.63, 3.8) is 0 Å². The number of rotatable bonds is 9. The molecule has 1 heterocycles. The number of carbonyl (C=O) groups excluding carboxylic acids is 1. The fraction of sp³-hybridized carbons (Fsp3) is 0.367. The van der Waals surface area contributed by atoms with Crippen LogP contribution in [0.25, 0.3) is 0 Å². The molecule has 1 saturated carbocycles. The maximum absolute atomic E-state index is 13.8. The Hall–Kier alpha value is -3.19. The van der Waals surface area contributed by atoms with Crippen LogP contribution in [-0.4, -0.2) is 62.3 Å². The Labute approximate surface area is 213 Å². The van der Waals surface area contributed by atoms with Gasteiger partial charge >= 0.3 is 5.97 Å². The van der Waals surface area contributed by atoms with Gasteiger partial charge in [0.15, 0.2) is 6.23 Å². The van der Waals surface area contributed by atoms with Crippen molar-refractivity contribution in [3.05, 3.63) is 102 Å². The van der Waals surface area contributed by atoms with Crippen molar-refractivity contribution in [1.82, 2.24) is 9.80 Å². The van der Waals surface area contributed by atoms with Crippen LogP contribution in [0.1, 0.15) is 29.3 Å². The highest BCUT2D eigenvalue weighted by Gasteiger charge is 2.64. The van der Waals surface area contributed by atoms with Crippen molar-refractivity contribution >= 4 is 5.97 Å². The van der Waals surface area contributed by atoms with E-state index in [0.717, 1.165) is 49.6 Å². The van der Waals surface area contributed by atoms with Gasteiger partial charge in [-0.05, 0) is 29.7 Å². The number of ether oxygens (including phenoxy) is 3. The highest BCUT2D eigenvalue weighted by atomic mass is 16.6. The molecule has 188 valence electrons. The normalized spacial score (nSPS) is 23.1. The SMILES string of the molecule is COc1ccc(C2(C(=O)OC(c3ccccc3)N3CCN(Cc4ccccc4)CC3)CC2OC)cc1. The number of hydrogen-bond acceptors (Lipinski definition) is 6. The minimum Gasteiger partial charge on any atom is -0.497 e. The van der Waals surface area contributed by atoms with E-state index in [0.29, 0.717) is 6.42 Å². The fourth-order valence-corrected chi connectivity index (χ4v) is 5.22. The molecule has 2 fully saturated rings. The molecular formula is C30H34N2O4. The molecule has 1 aliphatic carbocycles. The van der Waals surface area contributed by atoms with E-state index in [1.165, 1.54) is 5.56 Å². The van der Waals surface area contributed by atoms with Crippen LogP contribution in [0.3, 0.4) is 0 Å². The monoisotopic (exact) mass is 486 g/mol. The molecule has 0 amide bonds. The van der Waals surface area contributed by atoms with Crippen molar-refractivity contribution in [2.45, 2.75) is 30.7 Å². The molecule has 6 nitrogen and oxygen atoms in total. The van der Waals surface area contributed by atoms with Gasteiger partial charge in [0.05, 0.1) is 13.2 Å². The standard InChI is InChI=1S/C30H34N2O4/c1-34-26-15-13-25(14-16-26)30(21-27(30)35-2)29(33)36-28(24-11-7-4-8-12-24)32-19-17-31(18-20-32)22-23-9-5-3-6-10-23/h3-16,27-28H,17-22H2,1-2H3. The maximum atomic E-state index is 13.8. The summed E-state index contributed by atoms with van der Waals surface area (Å²) in [6.45, 7) is 4.41.